The molecule has 2 rings (SSSR count). The number of rotatable bonds is 5. The second-order valence-electron chi connectivity index (χ2n) is 4.76. The zero-order chi connectivity index (χ0) is 15.6. The van der Waals surface area contributed by atoms with Gasteiger partial charge in [0.25, 0.3) is 0 Å². The van der Waals surface area contributed by atoms with E-state index in [1.807, 2.05) is 29.8 Å². The highest BCUT2D eigenvalue weighted by Crippen LogP contribution is 2.30. The lowest BCUT2D eigenvalue weighted by molar-refractivity contribution is 0.516. The third-order valence-corrected chi connectivity index (χ3v) is 5.64. The maximum absolute atomic E-state index is 6.04. The van der Waals surface area contributed by atoms with Gasteiger partial charge < -0.3 is 0 Å². The average molecular weight is 437 g/mol. The molecule has 1 unspecified atom stereocenters. The summed E-state index contributed by atoms with van der Waals surface area (Å²) < 4.78 is 3.90. The van der Waals surface area contributed by atoms with Crippen molar-refractivity contribution in [1.82, 2.24) is 15.2 Å². The summed E-state index contributed by atoms with van der Waals surface area (Å²) in [4.78, 5) is 0. The molecule has 0 aliphatic rings. The van der Waals surface area contributed by atoms with E-state index < -0.39 is 0 Å². The lowest BCUT2D eigenvalue weighted by Gasteiger charge is -2.18. The Hall–Kier alpha value is -0.400. The molecule has 0 amide bonds. The van der Waals surface area contributed by atoms with Crippen LogP contribution >= 0.6 is 43.5 Å². The first-order chi connectivity index (χ1) is 9.97. The quantitative estimate of drug-likeness (QED) is 0.547. The van der Waals surface area contributed by atoms with Crippen molar-refractivity contribution in [3.63, 3.8) is 0 Å². The molecule has 1 atom stereocenters. The van der Waals surface area contributed by atoms with Crippen molar-refractivity contribution in [2.24, 2.45) is 5.84 Å². The minimum Gasteiger partial charge on any atom is -0.271 e. The zero-order valence-corrected chi connectivity index (χ0v) is 15.8. The van der Waals surface area contributed by atoms with Gasteiger partial charge in [-0.05, 0) is 63.4 Å². The van der Waals surface area contributed by atoms with Gasteiger partial charge in [0.1, 0.15) is 0 Å². The molecular formula is C14H17Br2ClN4. The molecule has 0 aliphatic carbocycles. The number of nitrogens with one attached hydrogen (secondary N) is 1. The molecule has 1 heterocycles. The summed E-state index contributed by atoms with van der Waals surface area (Å²) in [6, 6.07) is 5.81. The molecule has 0 saturated heterocycles. The molecule has 7 heteroatoms. The van der Waals surface area contributed by atoms with Gasteiger partial charge in [0.2, 0.25) is 0 Å². The van der Waals surface area contributed by atoms with Crippen molar-refractivity contribution in [2.75, 3.05) is 0 Å². The highest BCUT2D eigenvalue weighted by Gasteiger charge is 2.18. The van der Waals surface area contributed by atoms with E-state index >= 15 is 0 Å². The van der Waals surface area contributed by atoms with Crippen molar-refractivity contribution >= 4 is 43.5 Å². The van der Waals surface area contributed by atoms with Crippen LogP contribution in [-0.4, -0.2) is 9.78 Å². The Kier molecular flexibility index (Phi) is 5.85. The molecule has 3 N–H and O–H groups in total. The summed E-state index contributed by atoms with van der Waals surface area (Å²) in [6.07, 6.45) is 0.736. The van der Waals surface area contributed by atoms with Gasteiger partial charge >= 0.3 is 0 Å². The van der Waals surface area contributed by atoms with Crippen molar-refractivity contribution in [1.29, 1.82) is 0 Å². The molecule has 0 spiro atoms. The van der Waals surface area contributed by atoms with Gasteiger partial charge in [0.15, 0.2) is 0 Å². The summed E-state index contributed by atoms with van der Waals surface area (Å²) >= 11 is 13.1. The van der Waals surface area contributed by atoms with Crippen molar-refractivity contribution in [3.05, 3.63) is 49.1 Å². The van der Waals surface area contributed by atoms with Crippen LogP contribution < -0.4 is 11.3 Å². The third-order valence-electron chi connectivity index (χ3n) is 3.40. The lowest BCUT2D eigenvalue weighted by atomic mass is 10.0. The highest BCUT2D eigenvalue weighted by molar-refractivity contribution is 9.10. The fraction of sp³-hybridized carbons (Fsp3) is 0.357. The standard InChI is InChI=1S/C14H17Br2ClN4/c1-3-21-13(14(16)8(2)20-21)7-12(19-18)9-4-5-11(17)10(15)6-9/h4-6,12,19H,3,7,18H2,1-2H3. The monoisotopic (exact) mass is 434 g/mol. The van der Waals surface area contributed by atoms with Crippen LogP contribution in [0, 0.1) is 6.92 Å². The number of nitrogens with zero attached hydrogens (tertiary/aromatic N) is 2. The number of aromatic nitrogens is 2. The largest absolute Gasteiger partial charge is 0.271 e. The lowest BCUT2D eigenvalue weighted by Crippen LogP contribution is -2.30. The molecule has 0 fully saturated rings. The van der Waals surface area contributed by atoms with Gasteiger partial charge in [-0.2, -0.15) is 5.10 Å². The minimum absolute atomic E-state index is 0.0173. The van der Waals surface area contributed by atoms with Gasteiger partial charge in [0.05, 0.1) is 26.9 Å². The Morgan fingerprint density at radius 2 is 2.14 bits per heavy atom. The number of hydrogen-bond acceptors (Lipinski definition) is 3. The third kappa shape index (κ3) is 3.68. The molecule has 1 aromatic heterocycles. The maximum atomic E-state index is 6.04. The predicted molar refractivity (Wildman–Crippen MR) is 93.3 cm³/mol. The molecule has 4 nitrogen and oxygen atoms in total. The molecule has 114 valence electrons. The zero-order valence-electron chi connectivity index (χ0n) is 11.8. The number of halogens is 3. The summed E-state index contributed by atoms with van der Waals surface area (Å²) in [5, 5.41) is 5.20. The van der Waals surface area contributed by atoms with Crippen LogP contribution in [0.5, 0.6) is 0 Å². The molecule has 2 aromatic rings. The smallest absolute Gasteiger partial charge is 0.0738 e. The minimum atomic E-state index is -0.0173. The number of aryl methyl sites for hydroxylation is 2. The van der Waals surface area contributed by atoms with Gasteiger partial charge in [0, 0.05) is 17.4 Å². The van der Waals surface area contributed by atoms with Crippen LogP contribution in [0.25, 0.3) is 0 Å². The fourth-order valence-electron chi connectivity index (χ4n) is 2.26. The molecule has 1 aromatic carbocycles. The molecule has 0 saturated carbocycles. The van der Waals surface area contributed by atoms with E-state index in [-0.39, 0.29) is 6.04 Å². The normalized spacial score (nSPS) is 12.7. The summed E-state index contributed by atoms with van der Waals surface area (Å²) in [7, 11) is 0. The maximum Gasteiger partial charge on any atom is 0.0738 e. The van der Waals surface area contributed by atoms with E-state index in [9.17, 15) is 0 Å². The van der Waals surface area contributed by atoms with Crippen molar-refractivity contribution in [2.45, 2.75) is 32.9 Å². The second kappa shape index (κ2) is 7.24. The van der Waals surface area contributed by atoms with Gasteiger partial charge in [-0.25, -0.2) is 0 Å². The molecule has 0 aliphatic heterocycles. The van der Waals surface area contributed by atoms with E-state index in [0.717, 1.165) is 38.9 Å². The predicted octanol–water partition coefficient (Wildman–Crippen LogP) is 4.14. The van der Waals surface area contributed by atoms with Crippen LogP contribution in [0.4, 0.5) is 0 Å². The van der Waals surface area contributed by atoms with E-state index in [1.165, 1.54) is 0 Å². The van der Waals surface area contributed by atoms with Gasteiger partial charge in [-0.3, -0.25) is 16.0 Å². The Labute approximate surface area is 146 Å². The van der Waals surface area contributed by atoms with E-state index in [4.69, 9.17) is 17.4 Å². The van der Waals surface area contributed by atoms with Gasteiger partial charge in [-0.15, -0.1) is 0 Å². The topological polar surface area (TPSA) is 55.9 Å². The van der Waals surface area contributed by atoms with Crippen LogP contribution in [0.2, 0.25) is 5.02 Å². The van der Waals surface area contributed by atoms with Crippen molar-refractivity contribution in [3.8, 4) is 0 Å². The Morgan fingerprint density at radius 3 is 2.71 bits per heavy atom. The Bertz CT molecular complexity index is 642. The SMILES string of the molecule is CCn1nc(C)c(Br)c1CC(NN)c1ccc(Cl)c(Br)c1. The van der Waals surface area contributed by atoms with Crippen LogP contribution in [0.1, 0.15) is 29.9 Å². The van der Waals surface area contributed by atoms with E-state index in [0.29, 0.717) is 5.02 Å². The fourth-order valence-corrected chi connectivity index (χ4v) is 3.22. The summed E-state index contributed by atoms with van der Waals surface area (Å²) in [5.74, 6) is 5.75. The first kappa shape index (κ1) is 17.0. The summed E-state index contributed by atoms with van der Waals surface area (Å²) in [5.41, 5.74) is 6.06. The van der Waals surface area contributed by atoms with Gasteiger partial charge in [-0.1, -0.05) is 17.7 Å². The summed E-state index contributed by atoms with van der Waals surface area (Å²) in [6.45, 7) is 4.89. The first-order valence-corrected chi connectivity index (χ1v) is 8.57. The van der Waals surface area contributed by atoms with Crippen LogP contribution in [0.15, 0.2) is 27.1 Å². The molecule has 0 bridgehead atoms. The second-order valence-corrected chi connectivity index (χ2v) is 6.81. The van der Waals surface area contributed by atoms with Crippen molar-refractivity contribution < 1.29 is 0 Å². The number of benzene rings is 1. The van der Waals surface area contributed by atoms with E-state index in [1.54, 1.807) is 0 Å². The highest BCUT2D eigenvalue weighted by atomic mass is 79.9. The van der Waals surface area contributed by atoms with Crippen LogP contribution in [0.3, 0.4) is 0 Å². The Balaban J connectivity index is 2.33. The molecular weight excluding hydrogens is 419 g/mol. The number of hydrazine groups is 1. The average Bonchev–Trinajstić information content (AvgIpc) is 2.75. The first-order valence-electron chi connectivity index (χ1n) is 6.60. The van der Waals surface area contributed by atoms with Crippen LogP contribution in [-0.2, 0) is 13.0 Å². The number of hydrogen-bond donors (Lipinski definition) is 2. The molecule has 0 radical (unpaired) electrons. The number of nitrogens with two attached hydrogens (primary N) is 1. The Morgan fingerprint density at radius 1 is 1.43 bits per heavy atom. The molecule has 21 heavy (non-hydrogen) atoms. The van der Waals surface area contributed by atoms with E-state index in [2.05, 4.69) is 49.3 Å².